The standard InChI is InChI=1S/C25H26N2O2S/c1-16-12-13-19-21(14-16)30-25(27-22(28)15-18-9-4-3-5-10-18)23(19)24(29)26-20-11-7-6-8-17(20)2/h3-11,16H,12-15H2,1-2H3,(H,26,29)(H,27,28). The molecule has 154 valence electrons. The molecule has 0 bridgehead atoms. The molecule has 4 rings (SSSR count). The van der Waals surface area contributed by atoms with E-state index in [2.05, 4.69) is 17.6 Å². The van der Waals surface area contributed by atoms with Crippen LogP contribution in [0.3, 0.4) is 0 Å². The minimum Gasteiger partial charge on any atom is -0.322 e. The van der Waals surface area contributed by atoms with Crippen LogP contribution in [-0.4, -0.2) is 11.8 Å². The topological polar surface area (TPSA) is 58.2 Å². The van der Waals surface area contributed by atoms with E-state index in [0.29, 0.717) is 22.9 Å². The Morgan fingerprint density at radius 1 is 1.03 bits per heavy atom. The fourth-order valence-corrected chi connectivity index (χ4v) is 5.35. The summed E-state index contributed by atoms with van der Waals surface area (Å²) in [5.41, 5.74) is 4.49. The third-order valence-corrected chi connectivity index (χ3v) is 6.76. The zero-order chi connectivity index (χ0) is 21.1. The molecule has 1 heterocycles. The number of thiophene rings is 1. The quantitative estimate of drug-likeness (QED) is 0.565. The number of fused-ring (bicyclic) bond motifs is 1. The Hall–Kier alpha value is -2.92. The molecule has 1 unspecified atom stereocenters. The van der Waals surface area contributed by atoms with E-state index in [4.69, 9.17) is 0 Å². The molecule has 0 saturated heterocycles. The van der Waals surface area contributed by atoms with E-state index in [9.17, 15) is 9.59 Å². The molecule has 1 atom stereocenters. The number of benzene rings is 2. The highest BCUT2D eigenvalue weighted by molar-refractivity contribution is 7.17. The van der Waals surface area contributed by atoms with Crippen LogP contribution in [0.15, 0.2) is 54.6 Å². The molecule has 2 amide bonds. The average Bonchev–Trinajstić information content (AvgIpc) is 3.07. The van der Waals surface area contributed by atoms with Gasteiger partial charge in [0, 0.05) is 10.6 Å². The van der Waals surface area contributed by atoms with E-state index in [0.717, 1.165) is 41.6 Å². The van der Waals surface area contributed by atoms with Gasteiger partial charge in [0.25, 0.3) is 5.91 Å². The molecule has 0 radical (unpaired) electrons. The van der Waals surface area contributed by atoms with Crippen LogP contribution in [0.4, 0.5) is 10.7 Å². The molecule has 4 nitrogen and oxygen atoms in total. The number of hydrogen-bond acceptors (Lipinski definition) is 3. The van der Waals surface area contributed by atoms with Crippen molar-refractivity contribution in [1.29, 1.82) is 0 Å². The second-order valence-corrected chi connectivity index (χ2v) is 9.14. The molecule has 0 aliphatic heterocycles. The molecule has 1 aromatic heterocycles. The van der Waals surface area contributed by atoms with E-state index in [1.807, 2.05) is 61.5 Å². The summed E-state index contributed by atoms with van der Waals surface area (Å²) >= 11 is 1.55. The third kappa shape index (κ3) is 4.46. The van der Waals surface area contributed by atoms with Crippen LogP contribution >= 0.6 is 11.3 Å². The van der Waals surface area contributed by atoms with Gasteiger partial charge in [0.15, 0.2) is 0 Å². The van der Waals surface area contributed by atoms with Crippen molar-refractivity contribution in [2.75, 3.05) is 10.6 Å². The Morgan fingerprint density at radius 3 is 2.53 bits per heavy atom. The number of hydrogen-bond donors (Lipinski definition) is 2. The first-order valence-corrected chi connectivity index (χ1v) is 11.2. The van der Waals surface area contributed by atoms with Crippen LogP contribution < -0.4 is 10.6 Å². The Bertz CT molecular complexity index is 1070. The summed E-state index contributed by atoms with van der Waals surface area (Å²) in [6, 6.07) is 17.4. The lowest BCUT2D eigenvalue weighted by atomic mass is 9.88. The van der Waals surface area contributed by atoms with Gasteiger partial charge in [-0.3, -0.25) is 9.59 Å². The molecule has 1 aliphatic carbocycles. The molecule has 2 aromatic carbocycles. The van der Waals surface area contributed by atoms with Gasteiger partial charge in [-0.15, -0.1) is 11.3 Å². The van der Waals surface area contributed by atoms with Crippen LogP contribution in [0.25, 0.3) is 0 Å². The van der Waals surface area contributed by atoms with Crippen molar-refractivity contribution in [2.45, 2.75) is 39.5 Å². The van der Waals surface area contributed by atoms with Crippen LogP contribution in [0.2, 0.25) is 0 Å². The maximum atomic E-state index is 13.3. The summed E-state index contributed by atoms with van der Waals surface area (Å²) in [5.74, 6) is 0.348. The Kier molecular flexibility index (Phi) is 6.00. The fourth-order valence-electron chi connectivity index (χ4n) is 3.93. The lowest BCUT2D eigenvalue weighted by Gasteiger charge is -2.19. The van der Waals surface area contributed by atoms with Gasteiger partial charge in [-0.2, -0.15) is 0 Å². The van der Waals surface area contributed by atoms with Gasteiger partial charge in [-0.1, -0.05) is 55.5 Å². The van der Waals surface area contributed by atoms with Crippen molar-refractivity contribution < 1.29 is 9.59 Å². The first-order valence-electron chi connectivity index (χ1n) is 10.4. The SMILES string of the molecule is Cc1ccccc1NC(=O)c1c(NC(=O)Cc2ccccc2)sc2c1CCC(C)C2. The number of aryl methyl sites for hydroxylation is 1. The van der Waals surface area contributed by atoms with Crippen molar-refractivity contribution in [3.8, 4) is 0 Å². The number of carbonyl (C=O) groups excluding carboxylic acids is 2. The Labute approximate surface area is 181 Å². The van der Waals surface area contributed by atoms with Crippen molar-refractivity contribution in [1.82, 2.24) is 0 Å². The molecule has 0 spiro atoms. The average molecular weight is 419 g/mol. The molecule has 3 aromatic rings. The van der Waals surface area contributed by atoms with E-state index in [-0.39, 0.29) is 11.8 Å². The van der Waals surface area contributed by atoms with Gasteiger partial charge in [0.1, 0.15) is 5.00 Å². The predicted molar refractivity (Wildman–Crippen MR) is 123 cm³/mol. The first-order chi connectivity index (χ1) is 14.5. The zero-order valence-corrected chi connectivity index (χ0v) is 18.1. The van der Waals surface area contributed by atoms with Gasteiger partial charge >= 0.3 is 0 Å². The van der Waals surface area contributed by atoms with Crippen molar-refractivity contribution in [3.05, 3.63) is 81.7 Å². The van der Waals surface area contributed by atoms with Gasteiger partial charge in [0.2, 0.25) is 5.91 Å². The van der Waals surface area contributed by atoms with Crippen molar-refractivity contribution in [3.63, 3.8) is 0 Å². The summed E-state index contributed by atoms with van der Waals surface area (Å²) in [5, 5.41) is 6.75. The molecule has 5 heteroatoms. The van der Waals surface area contributed by atoms with E-state index < -0.39 is 0 Å². The summed E-state index contributed by atoms with van der Waals surface area (Å²) in [7, 11) is 0. The number of anilines is 2. The lowest BCUT2D eigenvalue weighted by Crippen LogP contribution is -2.20. The maximum Gasteiger partial charge on any atom is 0.258 e. The number of nitrogens with one attached hydrogen (secondary N) is 2. The summed E-state index contributed by atoms with van der Waals surface area (Å²) in [6.45, 7) is 4.21. The predicted octanol–water partition coefficient (Wildman–Crippen LogP) is 5.61. The van der Waals surface area contributed by atoms with Crippen LogP contribution in [-0.2, 0) is 24.1 Å². The number of amides is 2. The largest absolute Gasteiger partial charge is 0.322 e. The number of para-hydroxylation sites is 1. The van der Waals surface area contributed by atoms with E-state index in [1.54, 1.807) is 11.3 Å². The van der Waals surface area contributed by atoms with Crippen LogP contribution in [0.1, 0.15) is 45.3 Å². The van der Waals surface area contributed by atoms with Gasteiger partial charge in [0.05, 0.1) is 12.0 Å². The second kappa shape index (κ2) is 8.84. The van der Waals surface area contributed by atoms with Gasteiger partial charge in [-0.25, -0.2) is 0 Å². The lowest BCUT2D eigenvalue weighted by molar-refractivity contribution is -0.115. The molecule has 2 N–H and O–H groups in total. The summed E-state index contributed by atoms with van der Waals surface area (Å²) in [4.78, 5) is 27.2. The second-order valence-electron chi connectivity index (χ2n) is 8.04. The molecular formula is C25H26N2O2S. The highest BCUT2D eigenvalue weighted by atomic mass is 32.1. The Morgan fingerprint density at radius 2 is 1.77 bits per heavy atom. The third-order valence-electron chi connectivity index (χ3n) is 5.59. The highest BCUT2D eigenvalue weighted by Gasteiger charge is 2.28. The van der Waals surface area contributed by atoms with E-state index >= 15 is 0 Å². The molecular weight excluding hydrogens is 392 g/mol. The number of rotatable bonds is 5. The van der Waals surface area contributed by atoms with Crippen molar-refractivity contribution in [2.24, 2.45) is 5.92 Å². The smallest absolute Gasteiger partial charge is 0.258 e. The summed E-state index contributed by atoms with van der Waals surface area (Å²) in [6.07, 6.45) is 3.18. The van der Waals surface area contributed by atoms with Gasteiger partial charge in [-0.05, 0) is 54.9 Å². The summed E-state index contributed by atoms with van der Waals surface area (Å²) < 4.78 is 0. The fraction of sp³-hybridized carbons (Fsp3) is 0.280. The first kappa shape index (κ1) is 20.4. The number of carbonyl (C=O) groups is 2. The van der Waals surface area contributed by atoms with E-state index in [1.165, 1.54) is 4.88 Å². The van der Waals surface area contributed by atoms with Crippen LogP contribution in [0.5, 0.6) is 0 Å². The molecule has 30 heavy (non-hydrogen) atoms. The van der Waals surface area contributed by atoms with Crippen molar-refractivity contribution >= 4 is 33.8 Å². The highest BCUT2D eigenvalue weighted by Crippen LogP contribution is 2.40. The van der Waals surface area contributed by atoms with Gasteiger partial charge < -0.3 is 10.6 Å². The normalized spacial score (nSPS) is 15.3. The molecule has 0 fully saturated rings. The minimum absolute atomic E-state index is 0.0993. The molecule has 1 aliphatic rings. The molecule has 0 saturated carbocycles. The maximum absolute atomic E-state index is 13.3. The van der Waals surface area contributed by atoms with Crippen LogP contribution in [0, 0.1) is 12.8 Å². The monoisotopic (exact) mass is 418 g/mol. The Balaban J connectivity index is 1.62. The minimum atomic E-state index is -0.147. The zero-order valence-electron chi connectivity index (χ0n) is 17.3.